The van der Waals surface area contributed by atoms with Gasteiger partial charge in [0.15, 0.2) is 0 Å². The summed E-state index contributed by atoms with van der Waals surface area (Å²) in [4.78, 5) is 3.44. The van der Waals surface area contributed by atoms with Crippen LogP contribution < -0.4 is 0 Å². The first-order valence-corrected chi connectivity index (χ1v) is 5.08. The fourth-order valence-corrected chi connectivity index (χ4v) is 1.67. The summed E-state index contributed by atoms with van der Waals surface area (Å²) in [5.41, 5.74) is -0.871. The highest BCUT2D eigenvalue weighted by atomic mass is 79.9. The summed E-state index contributed by atoms with van der Waals surface area (Å²) in [6, 6.07) is 2.11. The third kappa shape index (κ3) is 3.01. The van der Waals surface area contributed by atoms with Gasteiger partial charge >= 0.3 is 6.18 Å². The lowest BCUT2D eigenvalue weighted by molar-refractivity contribution is -0.138. The van der Waals surface area contributed by atoms with Gasteiger partial charge in [-0.05, 0) is 40.3 Å². The normalized spacial score (nSPS) is 11.0. The number of alkyl halides is 3. The monoisotopic (exact) mass is 315 g/mol. The number of nitrogens with zero attached hydrogens (tertiary/aromatic N) is 1. The predicted octanol–water partition coefficient (Wildman–Crippen LogP) is 4.86. The molecule has 0 aromatic heterocycles. The van der Waals surface area contributed by atoms with E-state index in [0.29, 0.717) is 0 Å². The van der Waals surface area contributed by atoms with Gasteiger partial charge in [0.25, 0.3) is 0 Å². The van der Waals surface area contributed by atoms with Crippen molar-refractivity contribution in [2.45, 2.75) is 6.18 Å². The smallest absolute Gasteiger partial charge is 0.195 e. The zero-order chi connectivity index (χ0) is 11.6. The molecule has 15 heavy (non-hydrogen) atoms. The Bertz CT molecular complexity index is 440. The highest BCUT2D eigenvalue weighted by Crippen LogP contribution is 2.40. The third-order valence-electron chi connectivity index (χ3n) is 1.49. The molecule has 7 heteroatoms. The quantitative estimate of drug-likeness (QED) is 0.532. The molecule has 0 saturated heterocycles. The maximum absolute atomic E-state index is 12.5. The Morgan fingerprint density at radius 2 is 2.00 bits per heavy atom. The minimum Gasteiger partial charge on any atom is -0.195 e. The Labute approximate surface area is 102 Å². The van der Waals surface area contributed by atoms with Gasteiger partial charge in [-0.15, -0.1) is 0 Å². The van der Waals surface area contributed by atoms with Crippen molar-refractivity contribution < 1.29 is 13.2 Å². The van der Waals surface area contributed by atoms with Gasteiger partial charge in [0.05, 0.1) is 21.4 Å². The predicted molar refractivity (Wildman–Crippen MR) is 58.8 cm³/mol. The summed E-state index contributed by atoms with van der Waals surface area (Å²) >= 11 is 12.6. The summed E-state index contributed by atoms with van der Waals surface area (Å²) in [6.07, 6.45) is -4.49. The second kappa shape index (κ2) is 4.61. The molecule has 0 saturated carbocycles. The Morgan fingerprint density at radius 3 is 2.47 bits per heavy atom. The van der Waals surface area contributed by atoms with Crippen molar-refractivity contribution in [2.75, 3.05) is 0 Å². The average Bonchev–Trinajstić information content (AvgIpc) is 2.09. The molecule has 0 aliphatic carbocycles. The minimum atomic E-state index is -4.49. The van der Waals surface area contributed by atoms with Crippen LogP contribution in [-0.4, -0.2) is 5.16 Å². The van der Waals surface area contributed by atoms with E-state index in [9.17, 15) is 13.2 Å². The molecule has 1 aromatic rings. The van der Waals surface area contributed by atoms with E-state index in [1.807, 2.05) is 5.16 Å². The molecule has 0 unspecified atom stereocenters. The number of thiocarbonyl (C=S) groups is 1. The van der Waals surface area contributed by atoms with Crippen molar-refractivity contribution in [3.8, 4) is 0 Å². The zero-order valence-corrected chi connectivity index (χ0v) is 10.1. The molecular formula is C8H2BrClF3NS. The van der Waals surface area contributed by atoms with Crippen LogP contribution in [0.25, 0.3) is 0 Å². The number of hydrogen-bond acceptors (Lipinski definition) is 2. The van der Waals surface area contributed by atoms with Gasteiger partial charge in [0, 0.05) is 4.47 Å². The minimum absolute atomic E-state index is 0.0190. The van der Waals surface area contributed by atoms with E-state index in [4.69, 9.17) is 11.6 Å². The van der Waals surface area contributed by atoms with Gasteiger partial charge < -0.3 is 0 Å². The van der Waals surface area contributed by atoms with Crippen LogP contribution in [0.2, 0.25) is 5.02 Å². The van der Waals surface area contributed by atoms with Crippen molar-refractivity contribution in [1.82, 2.24) is 0 Å². The molecule has 0 atom stereocenters. The molecule has 0 fully saturated rings. The standard InChI is InChI=1S/C8H2BrClF3NS/c9-7-5(8(11,12)13)1-4(14-3-15)2-6(7)10/h1-2H. The lowest BCUT2D eigenvalue weighted by Crippen LogP contribution is -2.05. The first kappa shape index (κ1) is 12.6. The topological polar surface area (TPSA) is 12.4 Å². The maximum Gasteiger partial charge on any atom is 0.417 e. The second-order valence-electron chi connectivity index (χ2n) is 2.49. The van der Waals surface area contributed by atoms with Crippen LogP contribution in [0, 0.1) is 0 Å². The Balaban J connectivity index is 3.44. The molecule has 0 heterocycles. The van der Waals surface area contributed by atoms with Crippen LogP contribution in [0.4, 0.5) is 18.9 Å². The molecule has 0 N–H and O–H groups in total. The molecule has 1 aromatic carbocycles. The van der Waals surface area contributed by atoms with E-state index in [2.05, 4.69) is 33.1 Å². The van der Waals surface area contributed by atoms with Crippen LogP contribution in [-0.2, 0) is 6.18 Å². The lowest BCUT2D eigenvalue weighted by atomic mass is 10.2. The van der Waals surface area contributed by atoms with E-state index in [1.165, 1.54) is 6.07 Å². The number of hydrogen-bond donors (Lipinski definition) is 0. The fraction of sp³-hybridized carbons (Fsp3) is 0.125. The second-order valence-corrected chi connectivity index (χ2v) is 3.87. The maximum atomic E-state index is 12.5. The molecular weight excluding hydrogens is 315 g/mol. The van der Waals surface area contributed by atoms with Crippen molar-refractivity contribution in [3.63, 3.8) is 0 Å². The summed E-state index contributed by atoms with van der Waals surface area (Å²) < 4.78 is 37.2. The molecule has 0 bridgehead atoms. The molecule has 1 nitrogen and oxygen atoms in total. The van der Waals surface area contributed by atoms with Crippen LogP contribution in [0.15, 0.2) is 21.6 Å². The van der Waals surface area contributed by atoms with Crippen LogP contribution in [0.1, 0.15) is 5.56 Å². The van der Waals surface area contributed by atoms with E-state index in [-0.39, 0.29) is 15.2 Å². The van der Waals surface area contributed by atoms with Gasteiger partial charge in [-0.1, -0.05) is 11.6 Å². The Kier molecular flexibility index (Phi) is 3.89. The summed E-state index contributed by atoms with van der Waals surface area (Å²) in [5.74, 6) is 0. The van der Waals surface area contributed by atoms with E-state index < -0.39 is 11.7 Å². The number of isothiocyanates is 1. The fourth-order valence-electron chi connectivity index (χ4n) is 0.898. The van der Waals surface area contributed by atoms with Crippen molar-refractivity contribution in [1.29, 1.82) is 0 Å². The summed E-state index contributed by atoms with van der Waals surface area (Å²) in [5, 5.41) is 1.90. The van der Waals surface area contributed by atoms with Gasteiger partial charge in [-0.2, -0.15) is 18.2 Å². The van der Waals surface area contributed by atoms with Gasteiger partial charge in [-0.3, -0.25) is 0 Å². The molecule has 0 aliphatic heterocycles. The van der Waals surface area contributed by atoms with Gasteiger partial charge in [0.2, 0.25) is 0 Å². The largest absolute Gasteiger partial charge is 0.417 e. The van der Waals surface area contributed by atoms with Gasteiger partial charge in [0.1, 0.15) is 0 Å². The van der Waals surface area contributed by atoms with E-state index >= 15 is 0 Å². The SMILES string of the molecule is FC(F)(F)c1cc(N=C=S)cc(Cl)c1Br. The number of rotatable bonds is 1. The van der Waals surface area contributed by atoms with Crippen LogP contribution in [0.3, 0.4) is 0 Å². The summed E-state index contributed by atoms with van der Waals surface area (Å²) in [6.45, 7) is 0. The Morgan fingerprint density at radius 1 is 1.40 bits per heavy atom. The van der Waals surface area contributed by atoms with E-state index in [0.717, 1.165) is 6.07 Å². The lowest BCUT2D eigenvalue weighted by Gasteiger charge is -2.10. The van der Waals surface area contributed by atoms with Crippen LogP contribution >= 0.6 is 39.7 Å². The van der Waals surface area contributed by atoms with Crippen molar-refractivity contribution in [3.05, 3.63) is 27.2 Å². The zero-order valence-electron chi connectivity index (χ0n) is 6.90. The molecule has 0 spiro atoms. The van der Waals surface area contributed by atoms with Crippen LogP contribution in [0.5, 0.6) is 0 Å². The molecule has 80 valence electrons. The summed E-state index contributed by atoms with van der Waals surface area (Å²) in [7, 11) is 0. The molecule has 0 radical (unpaired) electrons. The molecule has 0 aliphatic rings. The average molecular weight is 317 g/mol. The first-order chi connectivity index (χ1) is 6.86. The first-order valence-electron chi connectivity index (χ1n) is 3.50. The van der Waals surface area contributed by atoms with E-state index in [1.54, 1.807) is 0 Å². The number of benzene rings is 1. The molecule has 0 amide bonds. The number of halogens is 5. The Hall–Kier alpha value is -0.420. The third-order valence-corrected chi connectivity index (χ3v) is 2.97. The highest BCUT2D eigenvalue weighted by molar-refractivity contribution is 9.10. The van der Waals surface area contributed by atoms with Gasteiger partial charge in [-0.25, -0.2) is 0 Å². The number of aliphatic imine (C=N–C) groups is 1. The highest BCUT2D eigenvalue weighted by Gasteiger charge is 2.34. The van der Waals surface area contributed by atoms with Crippen molar-refractivity contribution in [2.24, 2.45) is 4.99 Å². The molecule has 1 rings (SSSR count). The van der Waals surface area contributed by atoms with Crippen molar-refractivity contribution >= 4 is 50.6 Å².